The highest BCUT2D eigenvalue weighted by Gasteiger charge is 2.45. The number of nitrogens with zero attached hydrogens (tertiary/aromatic N) is 2. The van der Waals surface area contributed by atoms with Gasteiger partial charge in [0, 0.05) is 22.7 Å². The van der Waals surface area contributed by atoms with Crippen LogP contribution in [0.15, 0.2) is 48.5 Å². The molecule has 0 spiro atoms. The van der Waals surface area contributed by atoms with Crippen molar-refractivity contribution < 1.29 is 9.53 Å². The van der Waals surface area contributed by atoms with E-state index in [9.17, 15) is 10.1 Å². The average molecular weight is 457 g/mol. The van der Waals surface area contributed by atoms with E-state index in [1.165, 1.54) is 21.6 Å². The molecule has 2 heterocycles. The highest BCUT2D eigenvalue weighted by molar-refractivity contribution is 7.18. The summed E-state index contributed by atoms with van der Waals surface area (Å²) in [5.74, 6) is 1.33. The second-order valence-corrected chi connectivity index (χ2v) is 10.3. The lowest BCUT2D eigenvalue weighted by atomic mass is 10.0. The van der Waals surface area contributed by atoms with E-state index >= 15 is 0 Å². The van der Waals surface area contributed by atoms with Crippen LogP contribution in [0.5, 0.6) is 5.75 Å². The molecule has 1 aromatic heterocycles. The number of nitriles is 1. The third-order valence-electron chi connectivity index (χ3n) is 6.62. The molecular weight excluding hydrogens is 428 g/mol. The van der Waals surface area contributed by atoms with Crippen LogP contribution < -0.4 is 4.74 Å². The molecule has 0 bridgehead atoms. The highest BCUT2D eigenvalue weighted by Crippen LogP contribution is 2.50. The molecule has 1 fully saturated rings. The number of carbonyl (C=O) groups excluding carboxylic acids is 1. The predicted octanol–water partition coefficient (Wildman–Crippen LogP) is 6.60. The Morgan fingerprint density at radius 3 is 2.73 bits per heavy atom. The van der Waals surface area contributed by atoms with Crippen LogP contribution >= 0.6 is 11.3 Å². The van der Waals surface area contributed by atoms with Gasteiger partial charge in [0.15, 0.2) is 0 Å². The molecular formula is C28H28N2O2S. The highest BCUT2D eigenvalue weighted by atomic mass is 32.1. The number of likely N-dealkylation sites (tertiary alicyclic amines) is 1. The zero-order chi connectivity index (χ0) is 23.1. The van der Waals surface area contributed by atoms with Crippen molar-refractivity contribution in [3.8, 4) is 32.7 Å². The summed E-state index contributed by atoms with van der Waals surface area (Å²) < 4.78 is 5.77. The molecule has 2 aromatic carbocycles. The van der Waals surface area contributed by atoms with Crippen LogP contribution in [0, 0.1) is 17.2 Å². The summed E-state index contributed by atoms with van der Waals surface area (Å²) in [4.78, 5) is 17.0. The average Bonchev–Trinajstić information content (AvgIpc) is 3.49. The Morgan fingerprint density at radius 1 is 1.15 bits per heavy atom. The number of carbonyl (C=O) groups is 1. The summed E-state index contributed by atoms with van der Waals surface area (Å²) in [6, 6.07) is 19.2. The quantitative estimate of drug-likeness (QED) is 0.420. The molecule has 4 nitrogen and oxygen atoms in total. The van der Waals surface area contributed by atoms with Gasteiger partial charge >= 0.3 is 0 Å². The molecule has 1 amide bonds. The van der Waals surface area contributed by atoms with E-state index < -0.39 is 0 Å². The molecule has 2 aliphatic rings. The molecule has 1 saturated heterocycles. The Hall–Kier alpha value is -3.10. The number of hydrogen-bond donors (Lipinski definition) is 0. The minimum absolute atomic E-state index is 0.0273. The molecule has 0 N–H and O–H groups in total. The van der Waals surface area contributed by atoms with Crippen LogP contribution in [0.3, 0.4) is 0 Å². The molecule has 2 atom stereocenters. The van der Waals surface area contributed by atoms with Gasteiger partial charge in [-0.3, -0.25) is 4.79 Å². The maximum absolute atomic E-state index is 12.5. The normalized spacial score (nSPS) is 19.0. The second-order valence-electron chi connectivity index (χ2n) is 9.23. The van der Waals surface area contributed by atoms with Crippen molar-refractivity contribution in [1.82, 2.24) is 4.90 Å². The Balaban J connectivity index is 1.48. The molecule has 3 aromatic rings. The Kier molecular flexibility index (Phi) is 5.72. The Bertz CT molecular complexity index is 1250. The van der Waals surface area contributed by atoms with Gasteiger partial charge in [-0.05, 0) is 85.2 Å². The molecule has 1 aliphatic heterocycles. The first kappa shape index (κ1) is 21.7. The van der Waals surface area contributed by atoms with Crippen LogP contribution in [-0.2, 0) is 11.2 Å². The third-order valence-corrected chi connectivity index (χ3v) is 7.79. The fourth-order valence-corrected chi connectivity index (χ4v) is 6.40. The van der Waals surface area contributed by atoms with Gasteiger partial charge in [0.05, 0.1) is 17.7 Å². The number of hydrogen-bond acceptors (Lipinski definition) is 4. The van der Waals surface area contributed by atoms with E-state index in [-0.39, 0.29) is 12.1 Å². The van der Waals surface area contributed by atoms with E-state index in [1.807, 2.05) is 32.0 Å². The largest absolute Gasteiger partial charge is 0.490 e. The van der Waals surface area contributed by atoms with Crippen molar-refractivity contribution in [3.05, 3.63) is 65.2 Å². The zero-order valence-electron chi connectivity index (χ0n) is 19.3. The molecule has 2 unspecified atom stereocenters. The Labute approximate surface area is 199 Å². The second kappa shape index (κ2) is 8.68. The van der Waals surface area contributed by atoms with Gasteiger partial charge in [0.1, 0.15) is 11.8 Å². The number of fused-ring (bicyclic) bond motifs is 3. The van der Waals surface area contributed by atoms with Crippen molar-refractivity contribution in [2.24, 2.45) is 5.92 Å². The Morgan fingerprint density at radius 2 is 1.97 bits per heavy atom. The number of thiophene rings is 1. The summed E-state index contributed by atoms with van der Waals surface area (Å²) in [5, 5.41) is 9.59. The number of amides is 1. The van der Waals surface area contributed by atoms with Crippen LogP contribution in [0.2, 0.25) is 0 Å². The smallest absolute Gasteiger partial charge is 0.223 e. The molecule has 168 valence electrons. The molecule has 0 radical (unpaired) electrons. The fourth-order valence-electron chi connectivity index (χ4n) is 5.34. The van der Waals surface area contributed by atoms with Gasteiger partial charge < -0.3 is 9.64 Å². The minimum atomic E-state index is 0.0273. The van der Waals surface area contributed by atoms with E-state index in [2.05, 4.69) is 48.2 Å². The third kappa shape index (κ3) is 3.83. The van der Waals surface area contributed by atoms with Crippen LogP contribution in [0.4, 0.5) is 0 Å². The van der Waals surface area contributed by atoms with Gasteiger partial charge in [-0.2, -0.15) is 5.26 Å². The van der Waals surface area contributed by atoms with Crippen molar-refractivity contribution >= 4 is 17.2 Å². The van der Waals surface area contributed by atoms with Gasteiger partial charge in [0.25, 0.3) is 0 Å². The summed E-state index contributed by atoms with van der Waals surface area (Å²) in [6.45, 7) is 6.90. The SMILES string of the molecule is CCCN1C(=O)CC2Cc3c(-c4ccc(-c5ccc(OC(C)C)c(C#N)c5)s4)cccc3C21. The van der Waals surface area contributed by atoms with Gasteiger partial charge in [0.2, 0.25) is 5.91 Å². The molecule has 0 saturated carbocycles. The number of benzene rings is 2. The molecule has 1 aliphatic carbocycles. The van der Waals surface area contributed by atoms with E-state index in [4.69, 9.17) is 4.74 Å². The molecule has 5 rings (SSSR count). The first-order chi connectivity index (χ1) is 16.0. The maximum atomic E-state index is 12.5. The monoisotopic (exact) mass is 456 g/mol. The number of rotatable bonds is 6. The van der Waals surface area contributed by atoms with Crippen molar-refractivity contribution in [2.75, 3.05) is 6.54 Å². The van der Waals surface area contributed by atoms with E-state index in [0.29, 0.717) is 29.6 Å². The first-order valence-electron chi connectivity index (χ1n) is 11.7. The topological polar surface area (TPSA) is 53.3 Å². The summed E-state index contributed by atoms with van der Waals surface area (Å²) >= 11 is 1.75. The lowest BCUT2D eigenvalue weighted by Crippen LogP contribution is -2.28. The van der Waals surface area contributed by atoms with Crippen molar-refractivity contribution in [3.63, 3.8) is 0 Å². The molecule has 33 heavy (non-hydrogen) atoms. The summed E-state index contributed by atoms with van der Waals surface area (Å²) in [5.41, 5.74) is 5.59. The van der Waals surface area contributed by atoms with Crippen molar-refractivity contribution in [2.45, 2.75) is 52.2 Å². The van der Waals surface area contributed by atoms with E-state index in [0.717, 1.165) is 29.8 Å². The van der Waals surface area contributed by atoms with Gasteiger partial charge in [-0.25, -0.2) is 0 Å². The van der Waals surface area contributed by atoms with Crippen molar-refractivity contribution in [1.29, 1.82) is 5.26 Å². The lowest BCUT2D eigenvalue weighted by Gasteiger charge is -2.25. The maximum Gasteiger partial charge on any atom is 0.223 e. The molecule has 5 heteroatoms. The summed E-state index contributed by atoms with van der Waals surface area (Å²) in [7, 11) is 0. The van der Waals surface area contributed by atoms with Crippen LogP contribution in [0.25, 0.3) is 20.9 Å². The number of ether oxygens (including phenoxy) is 1. The minimum Gasteiger partial charge on any atom is -0.490 e. The van der Waals surface area contributed by atoms with Crippen LogP contribution in [0.1, 0.15) is 56.3 Å². The standard InChI is InChI=1S/C28H28N2O2S/c1-4-12-30-27(31)15-19-14-23-21(6-5-7-22(23)28(19)30)26-11-10-25(33-26)18-8-9-24(32-17(2)3)20(13-18)16-29/h5-11,13,17,19,28H,4,12,14-15H2,1-3H3. The fraction of sp³-hybridized carbons (Fsp3) is 0.357. The first-order valence-corrected chi connectivity index (χ1v) is 12.5. The lowest BCUT2D eigenvalue weighted by molar-refractivity contribution is -0.129. The van der Waals surface area contributed by atoms with Gasteiger partial charge in [-0.15, -0.1) is 11.3 Å². The van der Waals surface area contributed by atoms with Gasteiger partial charge in [-0.1, -0.05) is 25.1 Å². The van der Waals surface area contributed by atoms with Crippen LogP contribution in [-0.4, -0.2) is 23.5 Å². The van der Waals surface area contributed by atoms with E-state index in [1.54, 1.807) is 11.3 Å². The summed E-state index contributed by atoms with van der Waals surface area (Å²) in [6.07, 6.45) is 2.65. The zero-order valence-corrected chi connectivity index (χ0v) is 20.1. The predicted molar refractivity (Wildman–Crippen MR) is 132 cm³/mol.